The maximum Gasteiger partial charge on any atom is 0.143 e. The Morgan fingerprint density at radius 3 is 2.38 bits per heavy atom. The molecule has 0 radical (unpaired) electrons. The van der Waals surface area contributed by atoms with Crippen molar-refractivity contribution in [3.05, 3.63) is 72.1 Å². The van der Waals surface area contributed by atoms with Crippen LogP contribution in [-0.4, -0.2) is 11.3 Å². The van der Waals surface area contributed by atoms with Gasteiger partial charge in [-0.2, -0.15) is 0 Å². The monoisotopic (exact) mass is 209 g/mol. The van der Waals surface area contributed by atoms with Crippen molar-refractivity contribution in [3.63, 3.8) is 0 Å². The zero-order valence-electron chi connectivity index (χ0n) is 8.71. The van der Waals surface area contributed by atoms with E-state index in [4.69, 9.17) is 0 Å². The molecule has 0 saturated heterocycles. The van der Waals surface area contributed by atoms with Crippen LogP contribution in [0, 0.1) is 0 Å². The van der Waals surface area contributed by atoms with E-state index in [1.807, 2.05) is 42.5 Å². The molecule has 1 aromatic heterocycles. The minimum Gasteiger partial charge on any atom is -0.299 e. The average Bonchev–Trinajstić information content (AvgIpc) is 2.38. The molecule has 0 saturated carbocycles. The lowest BCUT2D eigenvalue weighted by Gasteiger charge is -2.05. The second-order valence-electron chi connectivity index (χ2n) is 3.32. The fourth-order valence-electron chi connectivity index (χ4n) is 1.57. The topological polar surface area (TPSA) is 30.0 Å². The number of aromatic nitrogens is 1. The van der Waals surface area contributed by atoms with Crippen LogP contribution < -0.4 is 0 Å². The predicted octanol–water partition coefficient (Wildman–Crippen LogP) is 2.71. The summed E-state index contributed by atoms with van der Waals surface area (Å²) in [5, 5.41) is 0. The molecule has 0 unspecified atom stereocenters. The SMILES string of the molecule is O=CC=C(c1ccccc1)c1cccnc1. The Kier molecular flexibility index (Phi) is 3.24. The highest BCUT2D eigenvalue weighted by molar-refractivity contribution is 5.89. The van der Waals surface area contributed by atoms with Crippen LogP contribution in [0.1, 0.15) is 11.1 Å². The summed E-state index contributed by atoms with van der Waals surface area (Å²) in [4.78, 5) is 14.7. The van der Waals surface area contributed by atoms with Crippen molar-refractivity contribution >= 4 is 11.9 Å². The number of pyridine rings is 1. The van der Waals surface area contributed by atoms with Crippen molar-refractivity contribution in [1.82, 2.24) is 4.98 Å². The van der Waals surface area contributed by atoms with Crippen molar-refractivity contribution < 1.29 is 4.79 Å². The molecular weight excluding hydrogens is 198 g/mol. The van der Waals surface area contributed by atoms with E-state index < -0.39 is 0 Å². The lowest BCUT2D eigenvalue weighted by molar-refractivity contribution is -0.104. The molecule has 0 fully saturated rings. The van der Waals surface area contributed by atoms with Gasteiger partial charge in [-0.05, 0) is 23.3 Å². The predicted molar refractivity (Wildman–Crippen MR) is 63.8 cm³/mol. The molecule has 0 bridgehead atoms. The molecule has 16 heavy (non-hydrogen) atoms. The highest BCUT2D eigenvalue weighted by Gasteiger charge is 2.03. The van der Waals surface area contributed by atoms with Crippen LogP contribution in [0.4, 0.5) is 0 Å². The van der Waals surface area contributed by atoms with Crippen molar-refractivity contribution in [2.24, 2.45) is 0 Å². The number of carbonyl (C=O) groups is 1. The van der Waals surface area contributed by atoms with Crippen LogP contribution in [0.5, 0.6) is 0 Å². The van der Waals surface area contributed by atoms with Gasteiger partial charge in [0.15, 0.2) is 0 Å². The number of hydrogen-bond acceptors (Lipinski definition) is 2. The molecule has 2 rings (SSSR count). The van der Waals surface area contributed by atoms with E-state index >= 15 is 0 Å². The summed E-state index contributed by atoms with van der Waals surface area (Å²) in [7, 11) is 0. The summed E-state index contributed by atoms with van der Waals surface area (Å²) in [5.74, 6) is 0. The number of aldehydes is 1. The van der Waals surface area contributed by atoms with Gasteiger partial charge >= 0.3 is 0 Å². The van der Waals surface area contributed by atoms with Gasteiger partial charge in [-0.25, -0.2) is 0 Å². The highest BCUT2D eigenvalue weighted by atomic mass is 16.1. The molecule has 1 aromatic carbocycles. The normalized spacial score (nSPS) is 11.1. The standard InChI is InChI=1S/C14H11NO/c16-10-8-14(12-5-2-1-3-6-12)13-7-4-9-15-11-13/h1-11H. The maximum atomic E-state index is 10.7. The number of hydrogen-bond donors (Lipinski definition) is 0. The second-order valence-corrected chi connectivity index (χ2v) is 3.32. The number of benzene rings is 1. The fourth-order valence-corrected chi connectivity index (χ4v) is 1.57. The van der Waals surface area contributed by atoms with Crippen molar-refractivity contribution in [3.8, 4) is 0 Å². The number of rotatable bonds is 3. The lowest BCUT2D eigenvalue weighted by atomic mass is 9.99. The van der Waals surface area contributed by atoms with Crippen LogP contribution in [0.2, 0.25) is 0 Å². The molecule has 78 valence electrons. The van der Waals surface area contributed by atoms with Gasteiger partial charge in [0, 0.05) is 18.0 Å². The number of carbonyl (C=O) groups excluding carboxylic acids is 1. The highest BCUT2D eigenvalue weighted by Crippen LogP contribution is 2.21. The summed E-state index contributed by atoms with van der Waals surface area (Å²) in [6.07, 6.45) is 5.83. The fraction of sp³-hybridized carbons (Fsp3) is 0. The Labute approximate surface area is 94.3 Å². The molecule has 0 spiro atoms. The van der Waals surface area contributed by atoms with Gasteiger partial charge in [0.1, 0.15) is 6.29 Å². The van der Waals surface area contributed by atoms with E-state index in [2.05, 4.69) is 4.98 Å². The van der Waals surface area contributed by atoms with E-state index in [0.29, 0.717) is 0 Å². The molecule has 2 nitrogen and oxygen atoms in total. The van der Waals surface area contributed by atoms with Crippen LogP contribution >= 0.6 is 0 Å². The van der Waals surface area contributed by atoms with E-state index in [0.717, 1.165) is 23.0 Å². The van der Waals surface area contributed by atoms with Gasteiger partial charge in [0.2, 0.25) is 0 Å². The molecule has 0 atom stereocenters. The van der Waals surface area contributed by atoms with E-state index in [-0.39, 0.29) is 0 Å². The largest absolute Gasteiger partial charge is 0.299 e. The summed E-state index contributed by atoms with van der Waals surface area (Å²) < 4.78 is 0. The third-order valence-electron chi connectivity index (χ3n) is 2.29. The molecular formula is C14H11NO. The quantitative estimate of drug-likeness (QED) is 0.574. The zero-order chi connectivity index (χ0) is 11.2. The molecule has 0 N–H and O–H groups in total. The van der Waals surface area contributed by atoms with E-state index in [9.17, 15) is 4.79 Å². The van der Waals surface area contributed by atoms with Gasteiger partial charge in [-0.3, -0.25) is 9.78 Å². The first kappa shape index (κ1) is 10.3. The summed E-state index contributed by atoms with van der Waals surface area (Å²) in [6.45, 7) is 0. The smallest absolute Gasteiger partial charge is 0.143 e. The van der Waals surface area contributed by atoms with Gasteiger partial charge in [0.05, 0.1) is 0 Å². The average molecular weight is 209 g/mol. The van der Waals surface area contributed by atoms with Gasteiger partial charge < -0.3 is 0 Å². The molecule has 1 heterocycles. The molecule has 2 aromatic rings. The number of nitrogens with zero attached hydrogens (tertiary/aromatic N) is 1. The third kappa shape index (κ3) is 2.23. The van der Waals surface area contributed by atoms with Crippen LogP contribution in [0.3, 0.4) is 0 Å². The van der Waals surface area contributed by atoms with Crippen molar-refractivity contribution in [1.29, 1.82) is 0 Å². The van der Waals surface area contributed by atoms with Crippen molar-refractivity contribution in [2.75, 3.05) is 0 Å². The Balaban J connectivity index is 2.48. The minimum atomic E-state index is 0.801. The summed E-state index contributed by atoms with van der Waals surface area (Å²) >= 11 is 0. The molecule has 0 amide bonds. The minimum absolute atomic E-state index is 0.801. The molecule has 0 aliphatic heterocycles. The zero-order valence-corrected chi connectivity index (χ0v) is 8.71. The first-order valence-electron chi connectivity index (χ1n) is 5.03. The Morgan fingerprint density at radius 1 is 1.00 bits per heavy atom. The molecule has 0 aliphatic rings. The van der Waals surface area contributed by atoms with Gasteiger partial charge in [-0.15, -0.1) is 0 Å². The maximum absolute atomic E-state index is 10.7. The van der Waals surface area contributed by atoms with Crippen LogP contribution in [0.25, 0.3) is 5.57 Å². The van der Waals surface area contributed by atoms with Gasteiger partial charge in [0.25, 0.3) is 0 Å². The first-order valence-corrected chi connectivity index (χ1v) is 5.03. The Hall–Kier alpha value is -2.22. The third-order valence-corrected chi connectivity index (χ3v) is 2.29. The van der Waals surface area contributed by atoms with E-state index in [1.54, 1.807) is 18.5 Å². The van der Waals surface area contributed by atoms with Crippen LogP contribution in [0.15, 0.2) is 60.9 Å². The first-order chi connectivity index (χ1) is 7.92. The van der Waals surface area contributed by atoms with Crippen LogP contribution in [-0.2, 0) is 4.79 Å². The number of allylic oxidation sites excluding steroid dienone is 1. The molecule has 2 heteroatoms. The molecule has 0 aliphatic carbocycles. The Bertz CT molecular complexity index is 447. The van der Waals surface area contributed by atoms with Gasteiger partial charge in [-0.1, -0.05) is 36.4 Å². The van der Waals surface area contributed by atoms with E-state index in [1.165, 1.54) is 0 Å². The van der Waals surface area contributed by atoms with Crippen molar-refractivity contribution in [2.45, 2.75) is 0 Å². The lowest BCUT2D eigenvalue weighted by Crippen LogP contribution is -1.89. The second kappa shape index (κ2) is 5.03. The summed E-state index contributed by atoms with van der Waals surface area (Å²) in [6, 6.07) is 13.6. The summed E-state index contributed by atoms with van der Waals surface area (Å²) in [5.41, 5.74) is 2.85. The Morgan fingerprint density at radius 2 is 1.75 bits per heavy atom.